The third kappa shape index (κ3) is 8.32. The van der Waals surface area contributed by atoms with Crippen LogP contribution in [-0.4, -0.2) is 112 Å². The van der Waals surface area contributed by atoms with E-state index in [0.717, 1.165) is 50.7 Å². The van der Waals surface area contributed by atoms with Crippen LogP contribution in [0, 0.1) is 17.3 Å². The van der Waals surface area contributed by atoms with Crippen molar-refractivity contribution in [3.63, 3.8) is 0 Å². The average Bonchev–Trinajstić information content (AvgIpc) is 4.10. The summed E-state index contributed by atoms with van der Waals surface area (Å²) in [5.74, 6) is -0.369. The van der Waals surface area contributed by atoms with Crippen molar-refractivity contribution in [2.75, 3.05) is 40.5 Å². The Morgan fingerprint density at radius 1 is 0.661 bits per heavy atom. The number of H-pyrrole nitrogens is 2. The van der Waals surface area contributed by atoms with Crippen molar-refractivity contribution >= 4 is 46.1 Å². The second kappa shape index (κ2) is 16.7. The summed E-state index contributed by atoms with van der Waals surface area (Å²) in [6.07, 6.45) is -0.190. The van der Waals surface area contributed by atoms with Crippen LogP contribution in [-0.2, 0) is 28.5 Å². The molecule has 3 aliphatic heterocycles. The third-order valence-corrected chi connectivity index (χ3v) is 12.4. The molecule has 3 saturated heterocycles. The van der Waals surface area contributed by atoms with Crippen LogP contribution >= 0.6 is 0 Å². The zero-order valence-corrected chi connectivity index (χ0v) is 36.5. The summed E-state index contributed by atoms with van der Waals surface area (Å²) in [5.41, 5.74) is 7.16. The predicted molar refractivity (Wildman–Crippen MR) is 232 cm³/mol. The average molecular weight is 849 g/mol. The van der Waals surface area contributed by atoms with Gasteiger partial charge in [0.1, 0.15) is 23.7 Å². The maximum Gasteiger partial charge on any atom is 0.407 e. The van der Waals surface area contributed by atoms with Crippen molar-refractivity contribution in [3.8, 4) is 22.3 Å². The van der Waals surface area contributed by atoms with E-state index in [1.165, 1.54) is 14.2 Å². The molecule has 8 rings (SSSR count). The molecule has 4 unspecified atom stereocenters. The van der Waals surface area contributed by atoms with Crippen LogP contribution in [0.4, 0.5) is 9.59 Å². The Morgan fingerprint density at radius 3 is 1.52 bits per heavy atom. The van der Waals surface area contributed by atoms with E-state index in [2.05, 4.69) is 76.9 Å². The first-order valence-electron chi connectivity index (χ1n) is 21.3. The lowest BCUT2D eigenvalue weighted by molar-refractivity contribution is -0.153. The van der Waals surface area contributed by atoms with Gasteiger partial charge in [0.15, 0.2) is 5.79 Å². The zero-order valence-electron chi connectivity index (χ0n) is 36.5. The largest absolute Gasteiger partial charge is 0.453 e. The number of rotatable bonds is 10. The van der Waals surface area contributed by atoms with Crippen LogP contribution in [0.3, 0.4) is 0 Å². The lowest BCUT2D eigenvalue weighted by Gasteiger charge is -2.30. The number of alkyl carbamates (subject to hydrolysis) is 2. The fourth-order valence-electron chi connectivity index (χ4n) is 9.11. The summed E-state index contributed by atoms with van der Waals surface area (Å²) in [6.45, 7) is 13.5. The van der Waals surface area contributed by atoms with E-state index in [9.17, 15) is 19.2 Å². The highest BCUT2D eigenvalue weighted by Crippen LogP contribution is 2.44. The molecule has 2 aromatic heterocycles. The van der Waals surface area contributed by atoms with Gasteiger partial charge in [0.2, 0.25) is 11.8 Å². The number of benzene rings is 3. The van der Waals surface area contributed by atoms with Gasteiger partial charge in [-0.25, -0.2) is 19.6 Å². The first kappa shape index (κ1) is 42.7. The molecule has 0 radical (unpaired) electrons. The molecular weight excluding hydrogens is 793 g/mol. The number of aromatic amines is 2. The Labute approximate surface area is 360 Å². The van der Waals surface area contributed by atoms with Gasteiger partial charge in [0.05, 0.1) is 68.1 Å². The van der Waals surface area contributed by atoms with Crippen molar-refractivity contribution in [1.29, 1.82) is 0 Å². The number of carbonyl (C=O) groups is 4. The molecule has 1 spiro atoms. The molecular formula is C46H56N8O8. The smallest absolute Gasteiger partial charge is 0.407 e. The molecule has 0 bridgehead atoms. The van der Waals surface area contributed by atoms with Crippen molar-refractivity contribution in [2.24, 2.45) is 17.3 Å². The summed E-state index contributed by atoms with van der Waals surface area (Å²) < 4.78 is 21.7. The number of hydrogen-bond donors (Lipinski definition) is 4. The summed E-state index contributed by atoms with van der Waals surface area (Å²) in [4.78, 5) is 72.8. The van der Waals surface area contributed by atoms with Gasteiger partial charge in [0.25, 0.3) is 0 Å². The number of hydrogen-bond acceptors (Lipinski definition) is 10. The molecule has 4 N–H and O–H groups in total. The van der Waals surface area contributed by atoms with Gasteiger partial charge < -0.3 is 49.3 Å². The Balaban J connectivity index is 1.01. The number of fused-ring (bicyclic) bond motifs is 2. The molecule has 4 amide bonds. The van der Waals surface area contributed by atoms with E-state index in [1.807, 2.05) is 50.8 Å². The summed E-state index contributed by atoms with van der Waals surface area (Å²) in [7, 11) is 2.57. The topological polar surface area (TPSA) is 193 Å². The van der Waals surface area contributed by atoms with Crippen molar-refractivity contribution < 1.29 is 38.1 Å². The van der Waals surface area contributed by atoms with Gasteiger partial charge in [-0.15, -0.1) is 0 Å². The van der Waals surface area contributed by atoms with Crippen LogP contribution < -0.4 is 10.6 Å². The maximum absolute atomic E-state index is 14.1. The highest BCUT2D eigenvalue weighted by atomic mass is 16.7. The Hall–Kier alpha value is -6.00. The predicted octanol–water partition coefficient (Wildman–Crippen LogP) is 6.85. The van der Waals surface area contributed by atoms with E-state index in [-0.39, 0.29) is 41.7 Å². The van der Waals surface area contributed by atoms with Gasteiger partial charge in [-0.05, 0) is 70.2 Å². The SMILES string of the molecule is COC(=O)NC(C(=O)N1CC(C)(C)CC1c1nc2ccc(-c3ccc(-c4ccc5nc(C6CC7(CN6C(=O)C(NC(=O)OC)C(C)C)OCCO7)[nH]c5c4)cc3)cc2[nH]1)C(C)C. The molecule has 3 aromatic carbocycles. The molecule has 62 heavy (non-hydrogen) atoms. The first-order chi connectivity index (χ1) is 29.6. The molecule has 16 heteroatoms. The van der Waals surface area contributed by atoms with E-state index in [4.69, 9.17) is 28.9 Å². The van der Waals surface area contributed by atoms with Crippen LogP contribution in [0.15, 0.2) is 60.7 Å². The van der Waals surface area contributed by atoms with Crippen molar-refractivity contribution in [1.82, 2.24) is 40.4 Å². The number of amides is 4. The van der Waals surface area contributed by atoms with E-state index >= 15 is 0 Å². The van der Waals surface area contributed by atoms with E-state index < -0.39 is 36.1 Å². The number of likely N-dealkylation sites (tertiary alicyclic amines) is 2. The van der Waals surface area contributed by atoms with E-state index in [0.29, 0.717) is 37.8 Å². The number of carbonyl (C=O) groups excluding carboxylic acids is 4. The number of aromatic nitrogens is 4. The second-order valence-electron chi connectivity index (χ2n) is 18.1. The minimum atomic E-state index is -0.944. The lowest BCUT2D eigenvalue weighted by atomic mass is 9.90. The molecule has 3 fully saturated rings. The molecule has 0 saturated carbocycles. The monoisotopic (exact) mass is 848 g/mol. The normalized spacial score (nSPS) is 20.4. The number of nitrogens with zero attached hydrogens (tertiary/aromatic N) is 4. The summed E-state index contributed by atoms with van der Waals surface area (Å²) >= 11 is 0. The number of methoxy groups -OCH3 is 2. The fourth-order valence-corrected chi connectivity index (χ4v) is 9.11. The highest BCUT2D eigenvalue weighted by molar-refractivity contribution is 5.89. The number of nitrogens with one attached hydrogen (secondary N) is 4. The van der Waals surface area contributed by atoms with Crippen LogP contribution in [0.25, 0.3) is 44.3 Å². The van der Waals surface area contributed by atoms with E-state index in [1.54, 1.807) is 4.90 Å². The molecule has 0 aliphatic carbocycles. The number of ether oxygens (including phenoxy) is 4. The molecule has 4 atom stereocenters. The summed E-state index contributed by atoms with van der Waals surface area (Å²) in [6, 6.07) is 18.2. The Kier molecular flexibility index (Phi) is 11.5. The minimum Gasteiger partial charge on any atom is -0.453 e. The third-order valence-electron chi connectivity index (χ3n) is 12.4. The first-order valence-corrected chi connectivity index (χ1v) is 21.3. The van der Waals surface area contributed by atoms with Gasteiger partial charge >= 0.3 is 12.2 Å². The zero-order chi connectivity index (χ0) is 44.1. The number of imidazole rings is 2. The molecule has 5 aromatic rings. The standard InChI is InChI=1S/C46H56N8O8/c1-25(2)37(51-43(57)59-7)41(55)53-23-45(5,6)21-35(53)39-47-31-15-13-29(19-33(31)49-39)27-9-11-28(12-10-27)30-14-16-32-34(20-30)50-40(48-32)36-22-46(61-17-18-62-46)24-54(36)42(56)38(26(3)4)52-44(58)60-8/h9-16,19-20,25-26,35-38H,17-18,21-24H2,1-8H3,(H,47,49)(H,48,50)(H,51,57)(H,52,58). The summed E-state index contributed by atoms with van der Waals surface area (Å²) in [5, 5.41) is 5.44. The molecule has 328 valence electrons. The van der Waals surface area contributed by atoms with Gasteiger partial charge in [-0.2, -0.15) is 0 Å². The minimum absolute atomic E-state index is 0.137. The van der Waals surface area contributed by atoms with Crippen LogP contribution in [0.1, 0.15) is 78.1 Å². The Bertz CT molecular complexity index is 2490. The fraction of sp³-hybridized carbons (Fsp3) is 0.478. The van der Waals surface area contributed by atoms with Gasteiger partial charge in [-0.3, -0.25) is 9.59 Å². The van der Waals surface area contributed by atoms with Crippen molar-refractivity contribution in [2.45, 2.75) is 84.3 Å². The van der Waals surface area contributed by atoms with Crippen LogP contribution in [0.5, 0.6) is 0 Å². The quantitative estimate of drug-likeness (QED) is 0.116. The Morgan fingerprint density at radius 2 is 1.08 bits per heavy atom. The van der Waals surface area contributed by atoms with Gasteiger partial charge in [0, 0.05) is 13.0 Å². The molecule has 16 nitrogen and oxygen atoms in total. The lowest BCUT2D eigenvalue weighted by Crippen LogP contribution is -2.52. The highest BCUT2D eigenvalue weighted by Gasteiger charge is 2.53. The van der Waals surface area contributed by atoms with Crippen LogP contribution in [0.2, 0.25) is 0 Å². The van der Waals surface area contributed by atoms with Crippen molar-refractivity contribution in [3.05, 3.63) is 72.3 Å². The molecule has 5 heterocycles. The van der Waals surface area contributed by atoms with Gasteiger partial charge in [-0.1, -0.05) is 77.9 Å². The molecule has 3 aliphatic rings. The second-order valence-corrected chi connectivity index (χ2v) is 18.1. The maximum atomic E-state index is 14.1.